The van der Waals surface area contributed by atoms with Crippen LogP contribution in [0.2, 0.25) is 5.02 Å². The lowest BCUT2D eigenvalue weighted by Crippen LogP contribution is -2.26. The Morgan fingerprint density at radius 2 is 2.10 bits per heavy atom. The van der Waals surface area contributed by atoms with Crippen LogP contribution in [0.15, 0.2) is 47.8 Å². The van der Waals surface area contributed by atoms with Crippen LogP contribution in [0.4, 0.5) is 10.1 Å². The standard InChI is InChI=1S/C19H13ClFN5O3S/c20-15-6-5-11(26(28)29)9-14(15)18(27)22-8-7-12-10-30-19-23-17(24-25(12)19)13-3-1-2-4-16(13)21/h1-6,9-10H,7-8H2,(H,22,27). The highest BCUT2D eigenvalue weighted by atomic mass is 35.5. The van der Waals surface area contributed by atoms with Crippen molar-refractivity contribution in [2.24, 2.45) is 0 Å². The van der Waals surface area contributed by atoms with Gasteiger partial charge in [0, 0.05) is 30.5 Å². The smallest absolute Gasteiger partial charge is 0.270 e. The molecule has 2 aromatic heterocycles. The zero-order valence-electron chi connectivity index (χ0n) is 15.2. The highest BCUT2D eigenvalue weighted by molar-refractivity contribution is 7.15. The predicted octanol–water partition coefficient (Wildman–Crippen LogP) is 4.13. The molecule has 0 aliphatic heterocycles. The zero-order chi connectivity index (χ0) is 21.3. The van der Waals surface area contributed by atoms with Gasteiger partial charge in [-0.3, -0.25) is 14.9 Å². The summed E-state index contributed by atoms with van der Waals surface area (Å²) in [5.41, 5.74) is 0.916. The fourth-order valence-electron chi connectivity index (χ4n) is 2.85. The van der Waals surface area contributed by atoms with Crippen molar-refractivity contribution in [3.63, 3.8) is 0 Å². The normalized spacial score (nSPS) is 11.0. The summed E-state index contributed by atoms with van der Waals surface area (Å²) in [5.74, 6) is -0.632. The summed E-state index contributed by atoms with van der Waals surface area (Å²) in [6, 6.07) is 9.95. The molecule has 0 atom stereocenters. The minimum atomic E-state index is -0.590. The van der Waals surface area contributed by atoms with E-state index in [9.17, 15) is 19.3 Å². The van der Waals surface area contributed by atoms with Crippen LogP contribution in [-0.2, 0) is 6.42 Å². The summed E-state index contributed by atoms with van der Waals surface area (Å²) in [6.07, 6.45) is 0.429. The largest absolute Gasteiger partial charge is 0.352 e. The van der Waals surface area contributed by atoms with Gasteiger partial charge in [0.25, 0.3) is 11.6 Å². The zero-order valence-corrected chi connectivity index (χ0v) is 16.8. The van der Waals surface area contributed by atoms with E-state index >= 15 is 0 Å². The fraction of sp³-hybridized carbons (Fsp3) is 0.105. The molecule has 0 radical (unpaired) electrons. The highest BCUT2D eigenvalue weighted by Gasteiger charge is 2.17. The molecule has 0 saturated carbocycles. The van der Waals surface area contributed by atoms with Gasteiger partial charge in [0.05, 0.1) is 26.8 Å². The van der Waals surface area contributed by atoms with Crippen molar-refractivity contribution in [2.45, 2.75) is 6.42 Å². The molecule has 1 N–H and O–H groups in total. The Balaban J connectivity index is 1.47. The first-order valence-electron chi connectivity index (χ1n) is 8.74. The second-order valence-electron chi connectivity index (χ2n) is 6.26. The molecule has 0 aliphatic rings. The lowest BCUT2D eigenvalue weighted by atomic mass is 10.2. The van der Waals surface area contributed by atoms with E-state index in [2.05, 4.69) is 15.4 Å². The number of carbonyl (C=O) groups is 1. The number of rotatable bonds is 6. The summed E-state index contributed by atoms with van der Waals surface area (Å²) >= 11 is 7.35. The third kappa shape index (κ3) is 3.87. The molecule has 0 spiro atoms. The third-order valence-electron chi connectivity index (χ3n) is 4.34. The molecule has 0 aliphatic carbocycles. The summed E-state index contributed by atoms with van der Waals surface area (Å²) in [5, 5.41) is 19.9. The number of aromatic nitrogens is 3. The lowest BCUT2D eigenvalue weighted by molar-refractivity contribution is -0.384. The minimum Gasteiger partial charge on any atom is -0.352 e. The van der Waals surface area contributed by atoms with Crippen molar-refractivity contribution in [3.05, 3.63) is 80.1 Å². The number of amides is 1. The van der Waals surface area contributed by atoms with Crippen molar-refractivity contribution in [2.75, 3.05) is 6.54 Å². The summed E-state index contributed by atoms with van der Waals surface area (Å²) < 4.78 is 15.6. The number of hydrogen-bond donors (Lipinski definition) is 1. The van der Waals surface area contributed by atoms with Crippen LogP contribution >= 0.6 is 22.9 Å². The van der Waals surface area contributed by atoms with Crippen LogP contribution < -0.4 is 5.32 Å². The van der Waals surface area contributed by atoms with Crippen molar-refractivity contribution in [1.29, 1.82) is 0 Å². The number of benzene rings is 2. The third-order valence-corrected chi connectivity index (χ3v) is 5.53. The maximum atomic E-state index is 14.0. The van der Waals surface area contributed by atoms with E-state index in [1.165, 1.54) is 29.5 Å². The van der Waals surface area contributed by atoms with Crippen molar-refractivity contribution >= 4 is 39.5 Å². The molecule has 0 saturated heterocycles. The second kappa shape index (κ2) is 8.17. The number of thiazole rings is 1. The molecule has 11 heteroatoms. The van der Waals surface area contributed by atoms with Gasteiger partial charge >= 0.3 is 0 Å². The highest BCUT2D eigenvalue weighted by Crippen LogP contribution is 2.24. The van der Waals surface area contributed by atoms with E-state index in [1.807, 2.05) is 5.38 Å². The van der Waals surface area contributed by atoms with Crippen LogP contribution in [0.3, 0.4) is 0 Å². The number of carbonyl (C=O) groups excluding carboxylic acids is 1. The average Bonchev–Trinajstić information content (AvgIpc) is 3.30. The SMILES string of the molecule is O=C(NCCc1csc2nc(-c3ccccc3F)nn12)c1cc([N+](=O)[O-])ccc1Cl. The molecule has 30 heavy (non-hydrogen) atoms. The predicted molar refractivity (Wildman–Crippen MR) is 110 cm³/mol. The van der Waals surface area contributed by atoms with Gasteiger partial charge in [-0.25, -0.2) is 8.91 Å². The van der Waals surface area contributed by atoms with E-state index in [1.54, 1.807) is 22.7 Å². The minimum absolute atomic E-state index is 0.0314. The van der Waals surface area contributed by atoms with Gasteiger partial charge in [-0.2, -0.15) is 4.98 Å². The second-order valence-corrected chi connectivity index (χ2v) is 7.51. The van der Waals surface area contributed by atoms with E-state index in [-0.39, 0.29) is 28.6 Å². The summed E-state index contributed by atoms with van der Waals surface area (Å²) in [4.78, 5) is 27.6. The van der Waals surface area contributed by atoms with E-state index in [0.717, 1.165) is 11.8 Å². The topological polar surface area (TPSA) is 102 Å². The molecule has 8 nitrogen and oxygen atoms in total. The summed E-state index contributed by atoms with van der Waals surface area (Å²) in [7, 11) is 0. The van der Waals surface area contributed by atoms with Gasteiger partial charge in [-0.1, -0.05) is 23.7 Å². The fourth-order valence-corrected chi connectivity index (χ4v) is 3.91. The van der Waals surface area contributed by atoms with Gasteiger partial charge in [-0.15, -0.1) is 16.4 Å². The van der Waals surface area contributed by atoms with E-state index < -0.39 is 16.6 Å². The van der Waals surface area contributed by atoms with Crippen LogP contribution in [0.1, 0.15) is 16.1 Å². The van der Waals surface area contributed by atoms with Crippen molar-refractivity contribution < 1.29 is 14.1 Å². The summed E-state index contributed by atoms with van der Waals surface area (Å²) in [6.45, 7) is 0.249. The van der Waals surface area contributed by atoms with Crippen molar-refractivity contribution in [3.8, 4) is 11.4 Å². The lowest BCUT2D eigenvalue weighted by Gasteiger charge is -2.06. The number of nitrogens with one attached hydrogen (secondary N) is 1. The van der Waals surface area contributed by atoms with E-state index in [0.29, 0.717) is 16.9 Å². The Kier molecular flexibility index (Phi) is 5.42. The van der Waals surface area contributed by atoms with Gasteiger partial charge in [0.15, 0.2) is 5.82 Å². The first kappa shape index (κ1) is 19.9. The Hall–Kier alpha value is -3.37. The number of nitrogens with zero attached hydrogens (tertiary/aromatic N) is 4. The number of halogens is 2. The quantitative estimate of drug-likeness (QED) is 0.355. The molecule has 152 valence electrons. The molecule has 4 aromatic rings. The van der Waals surface area contributed by atoms with Crippen LogP contribution in [0, 0.1) is 15.9 Å². The molecule has 1 amide bonds. The van der Waals surface area contributed by atoms with Crippen LogP contribution in [0.25, 0.3) is 16.3 Å². The molecule has 0 bridgehead atoms. The first-order valence-corrected chi connectivity index (χ1v) is 10.00. The molecule has 2 heterocycles. The van der Waals surface area contributed by atoms with Gasteiger partial charge in [0.1, 0.15) is 5.82 Å². The molecule has 4 rings (SSSR count). The number of non-ortho nitro benzene ring substituents is 1. The molecular weight excluding hydrogens is 433 g/mol. The average molecular weight is 446 g/mol. The van der Waals surface area contributed by atoms with Crippen LogP contribution in [0.5, 0.6) is 0 Å². The monoisotopic (exact) mass is 445 g/mol. The van der Waals surface area contributed by atoms with Gasteiger partial charge in [0.2, 0.25) is 4.96 Å². The van der Waals surface area contributed by atoms with Crippen LogP contribution in [-0.4, -0.2) is 32.0 Å². The molecule has 2 aromatic carbocycles. The Bertz CT molecular complexity index is 1270. The Morgan fingerprint density at radius 3 is 2.87 bits per heavy atom. The maximum absolute atomic E-state index is 14.0. The maximum Gasteiger partial charge on any atom is 0.270 e. The van der Waals surface area contributed by atoms with Crippen molar-refractivity contribution in [1.82, 2.24) is 19.9 Å². The van der Waals surface area contributed by atoms with E-state index in [4.69, 9.17) is 11.6 Å². The molecule has 0 unspecified atom stereocenters. The number of hydrogen-bond acceptors (Lipinski definition) is 6. The van der Waals surface area contributed by atoms with Gasteiger partial charge in [-0.05, 0) is 18.2 Å². The number of nitro benzene ring substituents is 1. The first-order chi connectivity index (χ1) is 14.4. The number of fused-ring (bicyclic) bond motifs is 1. The number of nitro groups is 1. The molecule has 0 fully saturated rings. The Morgan fingerprint density at radius 1 is 1.30 bits per heavy atom. The Labute approximate surface area is 178 Å². The molecular formula is C19H13ClFN5O3S. The van der Waals surface area contributed by atoms with Gasteiger partial charge < -0.3 is 5.32 Å².